The summed E-state index contributed by atoms with van der Waals surface area (Å²) < 4.78 is 18.9. The second-order valence-electron chi connectivity index (χ2n) is 6.34. The van der Waals surface area contributed by atoms with Gasteiger partial charge < -0.3 is 9.64 Å². The molecule has 1 unspecified atom stereocenters. The van der Waals surface area contributed by atoms with Gasteiger partial charge in [0.1, 0.15) is 5.82 Å². The van der Waals surface area contributed by atoms with Crippen molar-refractivity contribution in [2.45, 2.75) is 13.3 Å². The molecule has 22 heavy (non-hydrogen) atoms. The number of hydrogen-bond donors (Lipinski definition) is 0. The van der Waals surface area contributed by atoms with Crippen molar-refractivity contribution in [2.75, 3.05) is 45.9 Å². The molecule has 2 aliphatic rings. The van der Waals surface area contributed by atoms with Crippen LogP contribution in [0, 0.1) is 18.7 Å². The van der Waals surface area contributed by atoms with Crippen molar-refractivity contribution in [3.8, 4) is 0 Å². The molecule has 0 saturated carbocycles. The number of carbonyl (C=O) groups excluding carboxylic acids is 1. The Kier molecular flexibility index (Phi) is 4.74. The zero-order valence-electron chi connectivity index (χ0n) is 13.1. The third-order valence-electron chi connectivity index (χ3n) is 4.49. The Morgan fingerprint density at radius 3 is 2.68 bits per heavy atom. The molecule has 5 heteroatoms. The molecule has 0 N–H and O–H groups in total. The lowest BCUT2D eigenvalue weighted by molar-refractivity contribution is 0.0610. The van der Waals surface area contributed by atoms with Gasteiger partial charge in [0.15, 0.2) is 0 Å². The van der Waals surface area contributed by atoms with E-state index < -0.39 is 0 Å². The van der Waals surface area contributed by atoms with Gasteiger partial charge in [0.2, 0.25) is 0 Å². The van der Waals surface area contributed by atoms with E-state index in [0.717, 1.165) is 44.8 Å². The van der Waals surface area contributed by atoms with Crippen molar-refractivity contribution >= 4 is 5.91 Å². The van der Waals surface area contributed by atoms with Gasteiger partial charge in [-0.2, -0.15) is 0 Å². The van der Waals surface area contributed by atoms with Crippen molar-refractivity contribution < 1.29 is 13.9 Å². The van der Waals surface area contributed by atoms with Gasteiger partial charge >= 0.3 is 0 Å². The second kappa shape index (κ2) is 6.75. The molecule has 2 aliphatic heterocycles. The summed E-state index contributed by atoms with van der Waals surface area (Å²) in [6.07, 6.45) is 1.14. The van der Waals surface area contributed by atoms with Crippen LogP contribution >= 0.6 is 0 Å². The quantitative estimate of drug-likeness (QED) is 0.855. The number of aryl methyl sites for hydroxylation is 1. The summed E-state index contributed by atoms with van der Waals surface area (Å²) in [7, 11) is 0. The van der Waals surface area contributed by atoms with Crippen LogP contribution in [0.25, 0.3) is 0 Å². The van der Waals surface area contributed by atoms with E-state index in [2.05, 4.69) is 4.90 Å². The van der Waals surface area contributed by atoms with Gasteiger partial charge in [-0.1, -0.05) is 0 Å². The van der Waals surface area contributed by atoms with Gasteiger partial charge in [0.25, 0.3) is 5.91 Å². The van der Waals surface area contributed by atoms with E-state index in [4.69, 9.17) is 4.74 Å². The summed E-state index contributed by atoms with van der Waals surface area (Å²) in [6, 6.07) is 4.53. The Hall–Kier alpha value is -1.46. The Bertz CT molecular complexity index is 515. The molecular formula is C17H23FN2O2. The number of nitrogens with zero attached hydrogens (tertiary/aromatic N) is 2. The highest BCUT2D eigenvalue weighted by molar-refractivity contribution is 5.94. The lowest BCUT2D eigenvalue weighted by Crippen LogP contribution is -2.49. The predicted molar refractivity (Wildman–Crippen MR) is 82.4 cm³/mol. The third kappa shape index (κ3) is 3.65. The van der Waals surface area contributed by atoms with Crippen LogP contribution < -0.4 is 0 Å². The molecule has 1 aromatic carbocycles. The summed E-state index contributed by atoms with van der Waals surface area (Å²) >= 11 is 0. The Balaban J connectivity index is 1.55. The van der Waals surface area contributed by atoms with E-state index in [1.54, 1.807) is 6.07 Å². The van der Waals surface area contributed by atoms with Gasteiger partial charge in [-0.3, -0.25) is 9.69 Å². The summed E-state index contributed by atoms with van der Waals surface area (Å²) in [5.74, 6) is 0.225. The lowest BCUT2D eigenvalue weighted by atomic mass is 10.1. The number of piperazine rings is 1. The molecule has 4 nitrogen and oxygen atoms in total. The minimum Gasteiger partial charge on any atom is -0.381 e. The van der Waals surface area contributed by atoms with Crippen molar-refractivity contribution in [2.24, 2.45) is 5.92 Å². The summed E-state index contributed by atoms with van der Waals surface area (Å²) in [5, 5.41) is 0. The maximum Gasteiger partial charge on any atom is 0.254 e. The molecule has 1 amide bonds. The SMILES string of the molecule is Cc1cc(F)cc(C(=O)N2CCN(CC3CCOC3)CC2)c1. The maximum absolute atomic E-state index is 13.5. The van der Waals surface area contributed by atoms with E-state index in [0.29, 0.717) is 24.6 Å². The van der Waals surface area contributed by atoms with E-state index in [1.807, 2.05) is 11.8 Å². The first-order chi connectivity index (χ1) is 10.6. The fraction of sp³-hybridized carbons (Fsp3) is 0.588. The van der Waals surface area contributed by atoms with Crippen molar-refractivity contribution in [3.63, 3.8) is 0 Å². The Morgan fingerprint density at radius 2 is 2.05 bits per heavy atom. The second-order valence-corrected chi connectivity index (χ2v) is 6.34. The van der Waals surface area contributed by atoms with E-state index in [9.17, 15) is 9.18 Å². The fourth-order valence-electron chi connectivity index (χ4n) is 3.27. The van der Waals surface area contributed by atoms with Crippen LogP contribution in [0.4, 0.5) is 4.39 Å². The first kappa shape index (κ1) is 15.4. The molecule has 0 bridgehead atoms. The standard InChI is InChI=1S/C17H23FN2O2/c1-13-8-15(10-16(18)9-13)17(21)20-5-3-19(4-6-20)11-14-2-7-22-12-14/h8-10,14H,2-7,11-12H2,1H3. The molecule has 1 atom stereocenters. The molecule has 0 radical (unpaired) electrons. The van der Waals surface area contributed by atoms with Gasteiger partial charge in [0, 0.05) is 44.9 Å². The average molecular weight is 306 g/mol. The molecule has 3 rings (SSSR count). The number of hydrogen-bond acceptors (Lipinski definition) is 3. The van der Waals surface area contributed by atoms with Gasteiger partial charge in [-0.25, -0.2) is 4.39 Å². The maximum atomic E-state index is 13.5. The molecule has 2 heterocycles. The predicted octanol–water partition coefficient (Wildman–Crippen LogP) is 1.93. The average Bonchev–Trinajstić information content (AvgIpc) is 2.99. The summed E-state index contributed by atoms with van der Waals surface area (Å²) in [6.45, 7) is 7.79. The largest absolute Gasteiger partial charge is 0.381 e. The van der Waals surface area contributed by atoms with Gasteiger partial charge in [0.05, 0.1) is 6.61 Å². The first-order valence-electron chi connectivity index (χ1n) is 7.98. The molecule has 120 valence electrons. The van der Waals surface area contributed by atoms with Crippen molar-refractivity contribution in [3.05, 3.63) is 35.1 Å². The Morgan fingerprint density at radius 1 is 1.27 bits per heavy atom. The van der Waals surface area contributed by atoms with Crippen LogP contribution in [0.1, 0.15) is 22.3 Å². The molecule has 0 aliphatic carbocycles. The minimum absolute atomic E-state index is 0.0635. The van der Waals surface area contributed by atoms with E-state index >= 15 is 0 Å². The van der Waals surface area contributed by atoms with Crippen LogP contribution in [0.5, 0.6) is 0 Å². The number of ether oxygens (including phenoxy) is 1. The van der Waals surface area contributed by atoms with Crippen molar-refractivity contribution in [1.82, 2.24) is 9.80 Å². The normalized spacial score (nSPS) is 23.0. The topological polar surface area (TPSA) is 32.8 Å². The van der Waals surface area contributed by atoms with Crippen molar-refractivity contribution in [1.29, 1.82) is 0 Å². The number of carbonyl (C=O) groups is 1. The number of halogens is 1. The molecule has 1 aromatic rings. The highest BCUT2D eigenvalue weighted by Gasteiger charge is 2.25. The van der Waals surface area contributed by atoms with Crippen LogP contribution in [0.2, 0.25) is 0 Å². The van der Waals surface area contributed by atoms with Gasteiger partial charge in [-0.05, 0) is 43.0 Å². The molecule has 0 spiro atoms. The minimum atomic E-state index is -0.344. The fourth-order valence-corrected chi connectivity index (χ4v) is 3.27. The molecule has 0 aromatic heterocycles. The molecular weight excluding hydrogens is 283 g/mol. The molecule has 2 saturated heterocycles. The van der Waals surface area contributed by atoms with E-state index in [-0.39, 0.29) is 11.7 Å². The summed E-state index contributed by atoms with van der Waals surface area (Å²) in [5.41, 5.74) is 1.23. The molecule has 2 fully saturated rings. The lowest BCUT2D eigenvalue weighted by Gasteiger charge is -2.35. The smallest absolute Gasteiger partial charge is 0.254 e. The number of benzene rings is 1. The van der Waals surface area contributed by atoms with Crippen LogP contribution in [-0.2, 0) is 4.74 Å². The highest BCUT2D eigenvalue weighted by Crippen LogP contribution is 2.17. The Labute approximate surface area is 130 Å². The van der Waals surface area contributed by atoms with Crippen LogP contribution in [0.15, 0.2) is 18.2 Å². The first-order valence-corrected chi connectivity index (χ1v) is 7.98. The van der Waals surface area contributed by atoms with E-state index in [1.165, 1.54) is 12.1 Å². The number of rotatable bonds is 3. The number of amides is 1. The summed E-state index contributed by atoms with van der Waals surface area (Å²) in [4.78, 5) is 16.7. The third-order valence-corrected chi connectivity index (χ3v) is 4.49. The highest BCUT2D eigenvalue weighted by atomic mass is 19.1. The monoisotopic (exact) mass is 306 g/mol. The zero-order chi connectivity index (χ0) is 15.5. The van der Waals surface area contributed by atoms with Crippen LogP contribution in [0.3, 0.4) is 0 Å². The van der Waals surface area contributed by atoms with Crippen LogP contribution in [-0.4, -0.2) is 61.6 Å². The van der Waals surface area contributed by atoms with Gasteiger partial charge in [-0.15, -0.1) is 0 Å². The zero-order valence-corrected chi connectivity index (χ0v) is 13.1.